The molecule has 0 saturated heterocycles. The van der Waals surface area contributed by atoms with E-state index in [0.29, 0.717) is 25.6 Å². The number of nitrogens with one attached hydrogen (secondary N) is 2. The van der Waals surface area contributed by atoms with E-state index in [1.807, 2.05) is 18.3 Å². The number of nitrogens with zero attached hydrogens (tertiary/aromatic N) is 2. The highest BCUT2D eigenvalue weighted by molar-refractivity contribution is 5.79. The molecule has 0 unspecified atom stereocenters. The number of guanidine groups is 1. The van der Waals surface area contributed by atoms with E-state index >= 15 is 0 Å². The molecule has 27 heavy (non-hydrogen) atoms. The van der Waals surface area contributed by atoms with Crippen molar-refractivity contribution in [1.82, 2.24) is 15.6 Å². The van der Waals surface area contributed by atoms with Crippen LogP contribution in [0.25, 0.3) is 0 Å². The number of pyridine rings is 1. The Kier molecular flexibility index (Phi) is 6.65. The second kappa shape index (κ2) is 9.37. The molecule has 1 saturated carbocycles. The molecule has 0 bridgehead atoms. The predicted octanol–water partition coefficient (Wildman–Crippen LogP) is 2.50. The molecule has 1 aliphatic carbocycles. The molecule has 0 spiro atoms. The van der Waals surface area contributed by atoms with Gasteiger partial charge in [0.05, 0.1) is 6.61 Å². The molecule has 1 aromatic carbocycles. The lowest BCUT2D eigenvalue weighted by Crippen LogP contribution is -2.40. The number of ether oxygens (including phenoxy) is 2. The Labute approximate surface area is 161 Å². The standard InChI is InChI=1S/C21H28N4O2/c1-22-20(25-16-21(10-11-21)18-6-4-3-5-7-18)24-15-17-8-9-19(23-14-17)27-13-12-26-2/h3-9,14H,10-13,15-16H2,1-2H3,(H2,22,24,25). The van der Waals surface area contributed by atoms with Gasteiger partial charge in [0, 0.05) is 44.9 Å². The van der Waals surface area contributed by atoms with Gasteiger partial charge in [0.15, 0.2) is 5.96 Å². The van der Waals surface area contributed by atoms with Gasteiger partial charge in [-0.1, -0.05) is 36.4 Å². The first-order chi connectivity index (χ1) is 13.3. The van der Waals surface area contributed by atoms with Gasteiger partial charge >= 0.3 is 0 Å². The summed E-state index contributed by atoms with van der Waals surface area (Å²) in [7, 11) is 3.44. The maximum atomic E-state index is 5.48. The second-order valence-corrected chi connectivity index (χ2v) is 6.77. The fourth-order valence-corrected chi connectivity index (χ4v) is 3.00. The first kappa shape index (κ1) is 19.2. The van der Waals surface area contributed by atoms with Crippen molar-refractivity contribution in [3.63, 3.8) is 0 Å². The van der Waals surface area contributed by atoms with Crippen LogP contribution in [0.1, 0.15) is 24.0 Å². The predicted molar refractivity (Wildman–Crippen MR) is 107 cm³/mol. The van der Waals surface area contributed by atoms with Gasteiger partial charge in [0.25, 0.3) is 0 Å². The van der Waals surface area contributed by atoms with Crippen LogP contribution in [0.2, 0.25) is 0 Å². The molecule has 1 aromatic heterocycles. The van der Waals surface area contributed by atoms with Crippen molar-refractivity contribution >= 4 is 5.96 Å². The van der Waals surface area contributed by atoms with Crippen LogP contribution in [0.4, 0.5) is 0 Å². The number of hydrogen-bond donors (Lipinski definition) is 2. The number of aromatic nitrogens is 1. The maximum Gasteiger partial charge on any atom is 0.213 e. The average Bonchev–Trinajstić information content (AvgIpc) is 3.51. The molecular formula is C21H28N4O2. The zero-order chi connectivity index (χ0) is 19.0. The van der Waals surface area contributed by atoms with E-state index < -0.39 is 0 Å². The highest BCUT2D eigenvalue weighted by Crippen LogP contribution is 2.47. The molecule has 0 radical (unpaired) electrons. The molecular weight excluding hydrogens is 340 g/mol. The molecule has 6 nitrogen and oxygen atoms in total. The summed E-state index contributed by atoms with van der Waals surface area (Å²) < 4.78 is 10.4. The summed E-state index contributed by atoms with van der Waals surface area (Å²) in [5.74, 6) is 1.41. The van der Waals surface area contributed by atoms with Crippen LogP contribution in [-0.4, -0.2) is 44.9 Å². The second-order valence-electron chi connectivity index (χ2n) is 6.77. The summed E-state index contributed by atoms with van der Waals surface area (Å²) in [5.41, 5.74) is 2.73. The Morgan fingerprint density at radius 2 is 1.93 bits per heavy atom. The van der Waals surface area contributed by atoms with Crippen molar-refractivity contribution in [2.75, 3.05) is 33.9 Å². The minimum absolute atomic E-state index is 0.252. The summed E-state index contributed by atoms with van der Waals surface area (Å²) in [4.78, 5) is 8.64. The molecule has 6 heteroatoms. The normalized spacial score (nSPS) is 15.3. The third-order valence-corrected chi connectivity index (χ3v) is 4.85. The number of aliphatic imine (C=N–C) groups is 1. The molecule has 2 aromatic rings. The molecule has 1 aliphatic rings. The van der Waals surface area contributed by atoms with E-state index in [9.17, 15) is 0 Å². The monoisotopic (exact) mass is 368 g/mol. The van der Waals surface area contributed by atoms with Crippen LogP contribution >= 0.6 is 0 Å². The van der Waals surface area contributed by atoms with Gasteiger partial charge in [0.2, 0.25) is 5.88 Å². The minimum Gasteiger partial charge on any atom is -0.475 e. The van der Waals surface area contributed by atoms with Crippen LogP contribution in [0.3, 0.4) is 0 Å². The first-order valence-electron chi connectivity index (χ1n) is 9.32. The smallest absolute Gasteiger partial charge is 0.213 e. The third kappa shape index (κ3) is 5.44. The SMILES string of the molecule is CN=C(NCc1ccc(OCCOC)nc1)NCC1(c2ccccc2)CC1. The van der Waals surface area contributed by atoms with E-state index in [1.165, 1.54) is 18.4 Å². The topological polar surface area (TPSA) is 67.8 Å². The molecule has 2 N–H and O–H groups in total. The summed E-state index contributed by atoms with van der Waals surface area (Å²) in [6.07, 6.45) is 4.25. The lowest BCUT2D eigenvalue weighted by atomic mass is 9.96. The number of methoxy groups -OCH3 is 1. The minimum atomic E-state index is 0.252. The Balaban J connectivity index is 1.46. The van der Waals surface area contributed by atoms with Crippen molar-refractivity contribution in [2.45, 2.75) is 24.8 Å². The van der Waals surface area contributed by atoms with Crippen LogP contribution in [0.15, 0.2) is 53.7 Å². The lowest BCUT2D eigenvalue weighted by molar-refractivity contribution is 0.143. The highest BCUT2D eigenvalue weighted by atomic mass is 16.5. The van der Waals surface area contributed by atoms with Crippen LogP contribution in [-0.2, 0) is 16.7 Å². The summed E-state index contributed by atoms with van der Waals surface area (Å²) in [5, 5.41) is 6.81. The van der Waals surface area contributed by atoms with Gasteiger partial charge < -0.3 is 20.1 Å². The molecule has 1 heterocycles. The fourth-order valence-electron chi connectivity index (χ4n) is 3.00. The van der Waals surface area contributed by atoms with Crippen LogP contribution < -0.4 is 15.4 Å². The van der Waals surface area contributed by atoms with Gasteiger partial charge in [-0.2, -0.15) is 0 Å². The van der Waals surface area contributed by atoms with E-state index in [0.717, 1.165) is 18.1 Å². The average molecular weight is 368 g/mol. The van der Waals surface area contributed by atoms with Crippen molar-refractivity contribution < 1.29 is 9.47 Å². The molecule has 144 valence electrons. The van der Waals surface area contributed by atoms with Gasteiger partial charge in [-0.15, -0.1) is 0 Å². The Morgan fingerprint density at radius 1 is 1.11 bits per heavy atom. The van der Waals surface area contributed by atoms with Gasteiger partial charge in [-0.25, -0.2) is 4.98 Å². The molecule has 1 fully saturated rings. The molecule has 3 rings (SSSR count). The number of hydrogen-bond acceptors (Lipinski definition) is 4. The maximum absolute atomic E-state index is 5.48. The van der Waals surface area contributed by atoms with Crippen molar-refractivity contribution in [3.8, 4) is 5.88 Å². The first-order valence-corrected chi connectivity index (χ1v) is 9.32. The van der Waals surface area contributed by atoms with Gasteiger partial charge in [-0.05, 0) is 24.0 Å². The molecule has 0 atom stereocenters. The Morgan fingerprint density at radius 3 is 2.56 bits per heavy atom. The summed E-state index contributed by atoms with van der Waals surface area (Å²) >= 11 is 0. The highest BCUT2D eigenvalue weighted by Gasteiger charge is 2.43. The molecule has 0 amide bonds. The number of benzene rings is 1. The van der Waals surface area contributed by atoms with E-state index in [1.54, 1.807) is 14.2 Å². The Hall–Kier alpha value is -2.60. The van der Waals surface area contributed by atoms with Crippen molar-refractivity contribution in [1.29, 1.82) is 0 Å². The Bertz CT molecular complexity index is 728. The third-order valence-electron chi connectivity index (χ3n) is 4.85. The van der Waals surface area contributed by atoms with Crippen LogP contribution in [0, 0.1) is 0 Å². The van der Waals surface area contributed by atoms with Crippen molar-refractivity contribution in [2.24, 2.45) is 4.99 Å². The van der Waals surface area contributed by atoms with Crippen molar-refractivity contribution in [3.05, 3.63) is 59.8 Å². The fraction of sp³-hybridized carbons (Fsp3) is 0.429. The van der Waals surface area contributed by atoms with E-state index in [-0.39, 0.29) is 5.41 Å². The number of rotatable bonds is 9. The van der Waals surface area contributed by atoms with Gasteiger partial charge in [0.1, 0.15) is 6.61 Å². The largest absolute Gasteiger partial charge is 0.475 e. The summed E-state index contributed by atoms with van der Waals surface area (Å²) in [6.45, 7) is 2.60. The lowest BCUT2D eigenvalue weighted by Gasteiger charge is -2.19. The van der Waals surface area contributed by atoms with Crippen LogP contribution in [0.5, 0.6) is 5.88 Å². The zero-order valence-electron chi connectivity index (χ0n) is 16.1. The summed E-state index contributed by atoms with van der Waals surface area (Å²) in [6, 6.07) is 14.6. The van der Waals surface area contributed by atoms with Gasteiger partial charge in [-0.3, -0.25) is 4.99 Å². The molecule has 0 aliphatic heterocycles. The zero-order valence-corrected chi connectivity index (χ0v) is 16.1. The quantitative estimate of drug-likeness (QED) is 0.404. The van der Waals surface area contributed by atoms with E-state index in [4.69, 9.17) is 9.47 Å². The van der Waals surface area contributed by atoms with E-state index in [2.05, 4.69) is 50.9 Å².